The van der Waals surface area contributed by atoms with Crippen LogP contribution in [0, 0.1) is 11.8 Å². The third-order valence-corrected chi connectivity index (χ3v) is 5.79. The lowest BCUT2D eigenvalue weighted by Crippen LogP contribution is -2.42. The molecule has 1 saturated heterocycles. The molecule has 3 fully saturated rings. The average Bonchev–Trinajstić information content (AvgIpc) is 3.56. The molecule has 0 bridgehead atoms. The van der Waals surface area contributed by atoms with Crippen LogP contribution in [0.5, 0.6) is 0 Å². The fraction of sp³-hybridized carbons (Fsp3) is 0.789. The highest BCUT2D eigenvalue weighted by Gasteiger charge is 2.64. The van der Waals surface area contributed by atoms with Gasteiger partial charge in [0, 0.05) is 43.3 Å². The molecule has 3 atom stereocenters. The lowest BCUT2D eigenvalue weighted by atomic mass is 9.92. The number of fused-ring (bicyclic) bond motifs is 1. The molecule has 2 saturated carbocycles. The summed E-state index contributed by atoms with van der Waals surface area (Å²) in [5.41, 5.74) is 0.477. The van der Waals surface area contributed by atoms with E-state index < -0.39 is 24.1 Å². The smallest absolute Gasteiger partial charge is 0.247 e. The average molecular weight is 380 g/mol. The Morgan fingerprint density at radius 2 is 1.81 bits per heavy atom. The van der Waals surface area contributed by atoms with Crippen molar-refractivity contribution in [1.82, 2.24) is 10.6 Å². The van der Waals surface area contributed by atoms with Gasteiger partial charge in [-0.25, -0.2) is 0 Å². The molecule has 150 valence electrons. The molecule has 4 rings (SSSR count). The predicted molar refractivity (Wildman–Crippen MR) is 94.4 cm³/mol. The van der Waals surface area contributed by atoms with Gasteiger partial charge in [0.05, 0.1) is 12.7 Å². The number of hydrogen-bond acceptors (Lipinski definition) is 6. The Balaban J connectivity index is 1.34. The molecule has 8 heteroatoms. The monoisotopic (exact) mass is 380 g/mol. The van der Waals surface area contributed by atoms with Crippen LogP contribution in [-0.4, -0.2) is 65.8 Å². The molecule has 8 nitrogen and oxygen atoms in total. The number of rotatable bonds is 8. The van der Waals surface area contributed by atoms with Crippen molar-refractivity contribution in [1.29, 1.82) is 0 Å². The van der Waals surface area contributed by atoms with E-state index in [1.165, 1.54) is 0 Å². The molecule has 3 aliphatic carbocycles. The van der Waals surface area contributed by atoms with Crippen LogP contribution >= 0.6 is 0 Å². The Morgan fingerprint density at radius 1 is 1.11 bits per heavy atom. The van der Waals surface area contributed by atoms with Crippen LogP contribution in [-0.2, 0) is 19.1 Å². The SMILES string of the molecule is O=C(CCNC(=O)C1=CC2OC(C3CC3)(C3CC3)OC2C(O)C1)NCCO. The van der Waals surface area contributed by atoms with Gasteiger partial charge in [0.2, 0.25) is 11.8 Å². The van der Waals surface area contributed by atoms with Gasteiger partial charge in [-0.2, -0.15) is 0 Å². The first-order chi connectivity index (χ1) is 13.0. The van der Waals surface area contributed by atoms with Crippen molar-refractivity contribution in [2.45, 2.75) is 62.6 Å². The van der Waals surface area contributed by atoms with Crippen molar-refractivity contribution in [3.8, 4) is 0 Å². The molecule has 0 spiro atoms. The summed E-state index contributed by atoms with van der Waals surface area (Å²) in [4.78, 5) is 23.9. The van der Waals surface area contributed by atoms with E-state index in [9.17, 15) is 14.7 Å². The van der Waals surface area contributed by atoms with Crippen molar-refractivity contribution < 1.29 is 29.3 Å². The minimum absolute atomic E-state index is 0.114. The summed E-state index contributed by atoms with van der Waals surface area (Å²) in [6.45, 7) is 0.286. The minimum Gasteiger partial charge on any atom is -0.395 e. The molecule has 0 aromatic carbocycles. The standard InChI is InChI=1S/C19H28N2O6/c22-8-7-20-16(24)5-6-21-18(25)11-9-14(23)17-15(10-11)26-19(27-17,12-1-2-12)13-3-4-13/h10,12-15,17,22-23H,1-9H2,(H,20,24)(H,21,25). The van der Waals surface area contributed by atoms with E-state index in [0.29, 0.717) is 17.4 Å². The third-order valence-electron chi connectivity index (χ3n) is 5.79. The Morgan fingerprint density at radius 3 is 2.44 bits per heavy atom. The molecular weight excluding hydrogens is 352 g/mol. The first kappa shape index (κ1) is 18.9. The van der Waals surface area contributed by atoms with Crippen molar-refractivity contribution in [2.75, 3.05) is 19.7 Å². The number of carbonyl (C=O) groups excluding carboxylic acids is 2. The number of hydrogen-bond donors (Lipinski definition) is 4. The third kappa shape index (κ3) is 3.89. The lowest BCUT2D eigenvalue weighted by Gasteiger charge is -2.29. The number of aliphatic hydroxyl groups excluding tert-OH is 2. The van der Waals surface area contributed by atoms with E-state index in [-0.39, 0.29) is 44.4 Å². The van der Waals surface area contributed by atoms with Crippen LogP contribution < -0.4 is 10.6 Å². The molecule has 1 heterocycles. The summed E-state index contributed by atoms with van der Waals surface area (Å²) in [6.07, 6.45) is 4.96. The first-order valence-electron chi connectivity index (χ1n) is 9.93. The highest BCUT2D eigenvalue weighted by Crippen LogP contribution is 2.59. The normalized spacial score (nSPS) is 31.8. The fourth-order valence-electron chi connectivity index (χ4n) is 4.17. The number of nitrogens with one attached hydrogen (secondary N) is 2. The summed E-state index contributed by atoms with van der Waals surface area (Å²) in [6, 6.07) is 0. The number of carbonyl (C=O) groups is 2. The zero-order valence-electron chi connectivity index (χ0n) is 15.4. The first-order valence-corrected chi connectivity index (χ1v) is 9.93. The Labute approximate surface area is 158 Å². The maximum atomic E-state index is 12.4. The maximum Gasteiger partial charge on any atom is 0.247 e. The second kappa shape index (κ2) is 7.50. The Hall–Kier alpha value is -1.48. The molecule has 4 N–H and O–H groups in total. The molecule has 1 aliphatic heterocycles. The maximum absolute atomic E-state index is 12.4. The van der Waals surface area contributed by atoms with Crippen LogP contribution in [0.1, 0.15) is 38.5 Å². The molecule has 2 amide bonds. The number of amides is 2. The summed E-state index contributed by atoms with van der Waals surface area (Å²) < 4.78 is 12.6. The molecule has 0 aromatic heterocycles. The lowest BCUT2D eigenvalue weighted by molar-refractivity contribution is -0.209. The summed E-state index contributed by atoms with van der Waals surface area (Å²) in [5.74, 6) is -0.268. The van der Waals surface area contributed by atoms with Gasteiger partial charge in [-0.15, -0.1) is 0 Å². The number of ether oxygens (including phenoxy) is 2. The van der Waals surface area contributed by atoms with E-state index >= 15 is 0 Å². The molecular formula is C19H28N2O6. The van der Waals surface area contributed by atoms with E-state index in [4.69, 9.17) is 14.6 Å². The second-order valence-corrected chi connectivity index (χ2v) is 7.98. The molecule has 0 radical (unpaired) electrons. The molecule has 27 heavy (non-hydrogen) atoms. The van der Waals surface area contributed by atoms with Crippen LogP contribution in [0.3, 0.4) is 0 Å². The highest BCUT2D eigenvalue weighted by molar-refractivity contribution is 5.94. The van der Waals surface area contributed by atoms with Crippen LogP contribution in [0.4, 0.5) is 0 Å². The van der Waals surface area contributed by atoms with Crippen molar-refractivity contribution in [2.24, 2.45) is 11.8 Å². The van der Waals surface area contributed by atoms with E-state index in [1.807, 2.05) is 0 Å². The van der Waals surface area contributed by atoms with Gasteiger partial charge in [0.25, 0.3) is 0 Å². The fourth-order valence-corrected chi connectivity index (χ4v) is 4.17. The van der Waals surface area contributed by atoms with E-state index in [0.717, 1.165) is 25.7 Å². The van der Waals surface area contributed by atoms with Crippen molar-refractivity contribution in [3.05, 3.63) is 11.6 Å². The predicted octanol–water partition coefficient (Wildman–Crippen LogP) is -0.407. The molecule has 3 unspecified atom stereocenters. The van der Waals surface area contributed by atoms with Gasteiger partial charge in [0.1, 0.15) is 12.2 Å². The zero-order valence-corrected chi connectivity index (χ0v) is 15.4. The van der Waals surface area contributed by atoms with Gasteiger partial charge in [-0.05, 0) is 31.8 Å². The van der Waals surface area contributed by atoms with Crippen molar-refractivity contribution in [3.63, 3.8) is 0 Å². The van der Waals surface area contributed by atoms with Gasteiger partial charge in [-0.3, -0.25) is 9.59 Å². The molecule has 4 aliphatic rings. The van der Waals surface area contributed by atoms with Gasteiger partial charge < -0.3 is 30.3 Å². The summed E-state index contributed by atoms with van der Waals surface area (Å²) in [5, 5.41) is 24.5. The number of aliphatic hydroxyl groups is 2. The van der Waals surface area contributed by atoms with Gasteiger partial charge >= 0.3 is 0 Å². The summed E-state index contributed by atoms with van der Waals surface area (Å²) >= 11 is 0. The highest BCUT2D eigenvalue weighted by atomic mass is 16.8. The Bertz CT molecular complexity index is 616. The quantitative estimate of drug-likeness (QED) is 0.455. The molecule has 0 aromatic rings. The Kier molecular flexibility index (Phi) is 5.24. The second-order valence-electron chi connectivity index (χ2n) is 7.98. The van der Waals surface area contributed by atoms with E-state index in [2.05, 4.69) is 10.6 Å². The van der Waals surface area contributed by atoms with Crippen LogP contribution in [0.15, 0.2) is 11.6 Å². The van der Waals surface area contributed by atoms with Crippen LogP contribution in [0.25, 0.3) is 0 Å². The minimum atomic E-state index is -0.770. The van der Waals surface area contributed by atoms with Crippen molar-refractivity contribution >= 4 is 11.8 Å². The van der Waals surface area contributed by atoms with Crippen LogP contribution in [0.2, 0.25) is 0 Å². The zero-order chi connectivity index (χ0) is 19.0. The topological polar surface area (TPSA) is 117 Å². The largest absolute Gasteiger partial charge is 0.395 e. The van der Waals surface area contributed by atoms with Gasteiger partial charge in [-0.1, -0.05) is 0 Å². The van der Waals surface area contributed by atoms with Gasteiger partial charge in [0.15, 0.2) is 5.79 Å². The van der Waals surface area contributed by atoms with E-state index in [1.54, 1.807) is 6.08 Å². The summed E-state index contributed by atoms with van der Waals surface area (Å²) in [7, 11) is 0.